The van der Waals surface area contributed by atoms with Crippen LogP contribution in [0.2, 0.25) is 5.02 Å². The van der Waals surface area contributed by atoms with Crippen molar-refractivity contribution in [2.24, 2.45) is 0 Å². The summed E-state index contributed by atoms with van der Waals surface area (Å²) >= 11 is 6.20. The lowest BCUT2D eigenvalue weighted by Crippen LogP contribution is -2.43. The number of hydrogen-bond donors (Lipinski definition) is 1. The summed E-state index contributed by atoms with van der Waals surface area (Å²) in [6.45, 7) is 3.79. The summed E-state index contributed by atoms with van der Waals surface area (Å²) in [4.78, 5) is 14.6. The number of nitrogens with one attached hydrogen (secondary N) is 1. The molecular weight excluding hydrogens is 440 g/mol. The molecule has 168 valence electrons. The van der Waals surface area contributed by atoms with E-state index in [4.69, 9.17) is 21.1 Å². The first-order valence-electron chi connectivity index (χ1n) is 10.2. The molecule has 0 aromatic heterocycles. The lowest BCUT2D eigenvalue weighted by molar-refractivity contribution is 0.00210. The number of sulfonamides is 1. The molecular formula is C22H27ClN2O5S. The number of likely N-dealkylation sites (tertiary alicyclic amines) is 1. The van der Waals surface area contributed by atoms with E-state index in [1.54, 1.807) is 35.2 Å². The van der Waals surface area contributed by atoms with E-state index < -0.39 is 10.0 Å². The molecule has 1 unspecified atom stereocenters. The van der Waals surface area contributed by atoms with E-state index in [-0.39, 0.29) is 33.2 Å². The number of amides is 1. The van der Waals surface area contributed by atoms with Gasteiger partial charge < -0.3 is 14.4 Å². The maximum absolute atomic E-state index is 13.1. The van der Waals surface area contributed by atoms with Gasteiger partial charge in [0.05, 0.1) is 23.9 Å². The highest BCUT2D eigenvalue weighted by Crippen LogP contribution is 2.30. The largest absolute Gasteiger partial charge is 0.495 e. The summed E-state index contributed by atoms with van der Waals surface area (Å²) in [6.07, 6.45) is 2.67. The maximum atomic E-state index is 13.1. The highest BCUT2D eigenvalue weighted by molar-refractivity contribution is 7.92. The topological polar surface area (TPSA) is 84.9 Å². The number of rotatable bonds is 8. The first-order chi connectivity index (χ1) is 14.9. The second-order valence-electron chi connectivity index (χ2n) is 7.34. The Morgan fingerprint density at radius 3 is 2.77 bits per heavy atom. The molecule has 3 rings (SSSR count). The Morgan fingerprint density at radius 2 is 2.03 bits per heavy atom. The molecule has 1 fully saturated rings. The fraction of sp³-hybridized carbons (Fsp3) is 0.409. The van der Waals surface area contributed by atoms with Crippen LogP contribution < -0.4 is 9.46 Å². The summed E-state index contributed by atoms with van der Waals surface area (Å²) in [5.41, 5.74) is 0.547. The Balaban J connectivity index is 1.83. The van der Waals surface area contributed by atoms with E-state index in [9.17, 15) is 13.2 Å². The van der Waals surface area contributed by atoms with Gasteiger partial charge in [0.1, 0.15) is 10.6 Å². The number of methoxy groups -OCH3 is 1. The van der Waals surface area contributed by atoms with Gasteiger partial charge in [-0.1, -0.05) is 30.7 Å². The summed E-state index contributed by atoms with van der Waals surface area (Å²) < 4.78 is 39.5. The van der Waals surface area contributed by atoms with Gasteiger partial charge in [-0.2, -0.15) is 0 Å². The second-order valence-corrected chi connectivity index (χ2v) is 9.40. The smallest absolute Gasteiger partial charge is 0.263 e. The highest BCUT2D eigenvalue weighted by atomic mass is 35.5. The maximum Gasteiger partial charge on any atom is 0.263 e. The third kappa shape index (κ3) is 5.70. The lowest BCUT2D eigenvalue weighted by Gasteiger charge is -2.32. The van der Waals surface area contributed by atoms with E-state index >= 15 is 0 Å². The van der Waals surface area contributed by atoms with Crippen molar-refractivity contribution in [2.45, 2.75) is 37.2 Å². The summed E-state index contributed by atoms with van der Waals surface area (Å²) in [5, 5.41) is 0.0294. The van der Waals surface area contributed by atoms with Crippen molar-refractivity contribution >= 4 is 33.2 Å². The molecule has 1 N–H and O–H groups in total. The zero-order chi connectivity index (χ0) is 22.4. The number of carbonyl (C=O) groups is 1. The molecule has 2 aromatic carbocycles. The third-order valence-electron chi connectivity index (χ3n) is 5.04. The van der Waals surface area contributed by atoms with Gasteiger partial charge in [0.2, 0.25) is 0 Å². The molecule has 1 saturated heterocycles. The van der Waals surface area contributed by atoms with Gasteiger partial charge in [-0.25, -0.2) is 8.42 Å². The fourth-order valence-electron chi connectivity index (χ4n) is 3.50. The SMILES string of the molecule is CCCOC1CCCN(C(=O)c2ccc(Cl)c(S(=O)(=O)Nc3ccccc3OC)c2)C1. The predicted octanol–water partition coefficient (Wildman–Crippen LogP) is 4.18. The number of carbonyl (C=O) groups excluding carboxylic acids is 1. The van der Waals surface area contributed by atoms with Crippen molar-refractivity contribution < 1.29 is 22.7 Å². The number of hydrogen-bond acceptors (Lipinski definition) is 5. The Bertz CT molecular complexity index is 1030. The zero-order valence-corrected chi connectivity index (χ0v) is 19.2. The standard InChI is InChI=1S/C22H27ClN2O5S/c1-3-13-30-17-7-6-12-25(15-17)22(26)16-10-11-18(23)21(14-16)31(27,28)24-19-8-4-5-9-20(19)29-2/h4-5,8-11,14,17,24H,3,6-7,12-13,15H2,1-2H3. The van der Waals surface area contributed by atoms with Crippen molar-refractivity contribution in [3.8, 4) is 5.75 Å². The molecule has 2 aromatic rings. The number of piperidine rings is 1. The van der Waals surface area contributed by atoms with Crippen LogP contribution in [0, 0.1) is 0 Å². The van der Waals surface area contributed by atoms with Gasteiger partial charge in [0.15, 0.2) is 0 Å². The quantitative estimate of drug-likeness (QED) is 0.630. The van der Waals surface area contributed by atoms with Crippen molar-refractivity contribution in [3.05, 3.63) is 53.1 Å². The average Bonchev–Trinajstić information content (AvgIpc) is 2.77. The van der Waals surface area contributed by atoms with Crippen LogP contribution in [-0.2, 0) is 14.8 Å². The summed E-state index contributed by atoms with van der Waals surface area (Å²) in [5.74, 6) is 0.135. The van der Waals surface area contributed by atoms with Crippen molar-refractivity contribution in [3.63, 3.8) is 0 Å². The van der Waals surface area contributed by atoms with E-state index in [1.807, 2.05) is 6.92 Å². The lowest BCUT2D eigenvalue weighted by atomic mass is 10.1. The number of para-hydroxylation sites is 2. The number of ether oxygens (including phenoxy) is 2. The molecule has 0 spiro atoms. The van der Waals surface area contributed by atoms with Crippen LogP contribution in [0.5, 0.6) is 5.75 Å². The molecule has 9 heteroatoms. The van der Waals surface area contributed by atoms with Crippen LogP contribution in [0.15, 0.2) is 47.4 Å². The van der Waals surface area contributed by atoms with Gasteiger partial charge in [0.25, 0.3) is 15.9 Å². The Kier molecular flexibility index (Phi) is 7.80. The molecule has 0 saturated carbocycles. The highest BCUT2D eigenvalue weighted by Gasteiger charge is 2.27. The summed E-state index contributed by atoms with van der Waals surface area (Å²) in [6, 6.07) is 11.0. The van der Waals surface area contributed by atoms with E-state index in [2.05, 4.69) is 4.72 Å². The van der Waals surface area contributed by atoms with Gasteiger partial charge in [-0.15, -0.1) is 0 Å². The molecule has 0 aliphatic carbocycles. The fourth-order valence-corrected chi connectivity index (χ4v) is 5.09. The van der Waals surface area contributed by atoms with Crippen molar-refractivity contribution in [1.82, 2.24) is 4.90 Å². The molecule has 31 heavy (non-hydrogen) atoms. The molecule has 1 atom stereocenters. The minimum Gasteiger partial charge on any atom is -0.495 e. The molecule has 1 aliphatic rings. The van der Waals surface area contributed by atoms with Crippen LogP contribution in [0.25, 0.3) is 0 Å². The number of nitrogens with zero attached hydrogens (tertiary/aromatic N) is 1. The molecule has 1 aliphatic heterocycles. The number of halogens is 1. The predicted molar refractivity (Wildman–Crippen MR) is 120 cm³/mol. The van der Waals surface area contributed by atoms with E-state index in [0.717, 1.165) is 19.3 Å². The first-order valence-corrected chi connectivity index (χ1v) is 12.1. The van der Waals surface area contributed by atoms with Crippen LogP contribution in [0.4, 0.5) is 5.69 Å². The van der Waals surface area contributed by atoms with E-state index in [0.29, 0.717) is 25.4 Å². The Morgan fingerprint density at radius 1 is 1.26 bits per heavy atom. The molecule has 1 heterocycles. The third-order valence-corrected chi connectivity index (χ3v) is 6.89. The zero-order valence-electron chi connectivity index (χ0n) is 17.6. The van der Waals surface area contributed by atoms with Gasteiger partial charge in [0, 0.05) is 25.3 Å². The molecule has 7 nitrogen and oxygen atoms in total. The van der Waals surface area contributed by atoms with Gasteiger partial charge in [-0.05, 0) is 49.6 Å². The Hall–Kier alpha value is -2.29. The minimum absolute atomic E-state index is 0.000338. The van der Waals surface area contributed by atoms with E-state index in [1.165, 1.54) is 19.2 Å². The van der Waals surface area contributed by atoms with Crippen molar-refractivity contribution in [2.75, 3.05) is 31.5 Å². The average molecular weight is 467 g/mol. The first kappa shape index (κ1) is 23.4. The molecule has 0 radical (unpaired) electrons. The van der Waals surface area contributed by atoms with Crippen LogP contribution in [0.1, 0.15) is 36.5 Å². The normalized spacial score (nSPS) is 16.7. The number of anilines is 1. The van der Waals surface area contributed by atoms with Gasteiger partial charge in [-0.3, -0.25) is 9.52 Å². The van der Waals surface area contributed by atoms with Crippen LogP contribution >= 0.6 is 11.6 Å². The van der Waals surface area contributed by atoms with Crippen LogP contribution in [0.3, 0.4) is 0 Å². The monoisotopic (exact) mass is 466 g/mol. The molecule has 0 bridgehead atoms. The van der Waals surface area contributed by atoms with Crippen LogP contribution in [-0.4, -0.2) is 52.1 Å². The Labute approximate surface area is 188 Å². The minimum atomic E-state index is -4.04. The van der Waals surface area contributed by atoms with Gasteiger partial charge >= 0.3 is 0 Å². The second kappa shape index (κ2) is 10.3. The number of benzene rings is 2. The summed E-state index contributed by atoms with van der Waals surface area (Å²) in [7, 11) is -2.59. The van der Waals surface area contributed by atoms with Crippen molar-refractivity contribution in [1.29, 1.82) is 0 Å². The molecule has 1 amide bonds.